The first-order valence-corrected chi connectivity index (χ1v) is 13.3. The van der Waals surface area contributed by atoms with Gasteiger partial charge in [0.25, 0.3) is 0 Å². The number of para-hydroxylation sites is 1. The van der Waals surface area contributed by atoms with Gasteiger partial charge in [-0.15, -0.1) is 14.5 Å². The van der Waals surface area contributed by atoms with Crippen molar-refractivity contribution in [3.05, 3.63) is 88.9 Å². The van der Waals surface area contributed by atoms with Crippen molar-refractivity contribution in [1.82, 2.24) is 18.9 Å². The Hall–Kier alpha value is -3.40. The summed E-state index contributed by atoms with van der Waals surface area (Å²) < 4.78 is 23.6. The largest absolute Gasteiger partial charge is 0.593 e. The highest BCUT2D eigenvalue weighted by atomic mass is 32.2. The number of fused-ring (bicyclic) bond motifs is 2. The van der Waals surface area contributed by atoms with Crippen LogP contribution in [-0.4, -0.2) is 46.7 Å². The Bertz CT molecular complexity index is 1470. The van der Waals surface area contributed by atoms with Crippen molar-refractivity contribution in [1.29, 1.82) is 0 Å². The van der Waals surface area contributed by atoms with Crippen molar-refractivity contribution >= 4 is 23.0 Å². The third-order valence-corrected chi connectivity index (χ3v) is 8.16. The number of aryl methyl sites for hydroxylation is 2. The summed E-state index contributed by atoms with van der Waals surface area (Å²) in [5.41, 5.74) is 3.94. The lowest BCUT2D eigenvalue weighted by atomic mass is 9.87. The number of aromatic nitrogens is 3. The minimum Gasteiger partial charge on any atom is -0.593 e. The van der Waals surface area contributed by atoms with Crippen LogP contribution in [0.1, 0.15) is 54.3 Å². The molecule has 1 N–H and O–H groups in total. The molecule has 1 aliphatic rings. The molecule has 0 aliphatic carbocycles. The minimum atomic E-state index is -1.41. The average Bonchev–Trinajstić information content (AvgIpc) is 3.18. The summed E-state index contributed by atoms with van der Waals surface area (Å²) >= 11 is -1.41. The number of pyridine rings is 1. The molecule has 0 saturated carbocycles. The van der Waals surface area contributed by atoms with Crippen molar-refractivity contribution in [3.63, 3.8) is 0 Å². The fourth-order valence-corrected chi connectivity index (χ4v) is 6.30. The molecule has 0 amide bonds. The lowest BCUT2D eigenvalue weighted by molar-refractivity contribution is -0.137. The van der Waals surface area contributed by atoms with Gasteiger partial charge < -0.3 is 14.4 Å². The second kappa shape index (κ2) is 9.81. The van der Waals surface area contributed by atoms with Gasteiger partial charge in [0.2, 0.25) is 4.90 Å². The second-order valence-corrected chi connectivity index (χ2v) is 11.6. The van der Waals surface area contributed by atoms with E-state index in [9.17, 15) is 14.5 Å². The maximum absolute atomic E-state index is 13.6. The van der Waals surface area contributed by atoms with Gasteiger partial charge in [0, 0.05) is 12.1 Å². The Balaban J connectivity index is 1.51. The molecule has 4 aromatic rings. The van der Waals surface area contributed by atoms with Crippen LogP contribution in [0.2, 0.25) is 0 Å². The molecule has 3 heterocycles. The number of hydrogen-bond acceptors (Lipinski definition) is 6. The first kappa shape index (κ1) is 25.3. The molecule has 8 nitrogen and oxygen atoms in total. The zero-order valence-corrected chi connectivity index (χ0v) is 22.2. The number of rotatable bonds is 6. The van der Waals surface area contributed by atoms with Crippen molar-refractivity contribution in [2.75, 3.05) is 6.54 Å². The molecule has 0 saturated heterocycles. The lowest BCUT2D eigenvalue weighted by Gasteiger charge is -2.28. The molecule has 9 heteroatoms. The minimum absolute atomic E-state index is 0.0598. The summed E-state index contributed by atoms with van der Waals surface area (Å²) in [5, 5.41) is 18.1. The highest BCUT2D eigenvalue weighted by Gasteiger charge is 2.38. The SMILES string of the molecule is Cc1ccc(C(CC(=O)O)c2ccn3c(C)nnc3c2)cc1CN1CC(C)(C)Oc2ccccc2[S+]1[O-]. The summed E-state index contributed by atoms with van der Waals surface area (Å²) in [6, 6.07) is 17.3. The molecule has 37 heavy (non-hydrogen) atoms. The summed E-state index contributed by atoms with van der Waals surface area (Å²) in [6.07, 6.45) is 1.82. The smallest absolute Gasteiger partial charge is 0.304 e. The van der Waals surface area contributed by atoms with Crippen molar-refractivity contribution in [2.45, 2.75) is 57.1 Å². The Labute approximate surface area is 219 Å². The Kier molecular flexibility index (Phi) is 6.70. The van der Waals surface area contributed by atoms with Gasteiger partial charge in [-0.05, 0) is 74.2 Å². The van der Waals surface area contributed by atoms with Crippen LogP contribution in [0.15, 0.2) is 65.7 Å². The van der Waals surface area contributed by atoms with Gasteiger partial charge in [0.1, 0.15) is 11.4 Å². The van der Waals surface area contributed by atoms with Gasteiger partial charge in [0.05, 0.1) is 30.9 Å². The second-order valence-electron chi connectivity index (χ2n) is 10.1. The number of carboxylic acid groups (broad SMARTS) is 1. The van der Waals surface area contributed by atoms with E-state index in [-0.39, 0.29) is 12.3 Å². The molecule has 0 spiro atoms. The van der Waals surface area contributed by atoms with Crippen LogP contribution in [0.25, 0.3) is 5.65 Å². The van der Waals surface area contributed by atoms with Gasteiger partial charge in [-0.1, -0.05) is 30.3 Å². The third-order valence-electron chi connectivity index (χ3n) is 6.72. The van der Waals surface area contributed by atoms with Gasteiger partial charge in [0.15, 0.2) is 11.4 Å². The molecule has 0 fully saturated rings. The number of nitrogens with zero attached hydrogens (tertiary/aromatic N) is 4. The Morgan fingerprint density at radius 2 is 1.89 bits per heavy atom. The predicted octanol–water partition coefficient (Wildman–Crippen LogP) is 4.65. The van der Waals surface area contributed by atoms with Crippen LogP contribution in [0, 0.1) is 13.8 Å². The van der Waals surface area contributed by atoms with Crippen LogP contribution in [0.3, 0.4) is 0 Å². The molecule has 2 atom stereocenters. The first-order valence-electron chi connectivity index (χ1n) is 12.2. The van der Waals surface area contributed by atoms with E-state index in [1.807, 2.05) is 97.2 Å². The zero-order chi connectivity index (χ0) is 26.3. The number of carbonyl (C=O) groups is 1. The fraction of sp³-hybridized carbons (Fsp3) is 0.321. The lowest BCUT2D eigenvalue weighted by Crippen LogP contribution is -2.42. The number of ether oxygens (including phenoxy) is 1. The van der Waals surface area contributed by atoms with Crippen LogP contribution >= 0.6 is 0 Å². The van der Waals surface area contributed by atoms with Crippen LogP contribution in [0.5, 0.6) is 5.75 Å². The van der Waals surface area contributed by atoms with Gasteiger partial charge in [-0.25, -0.2) is 0 Å². The summed E-state index contributed by atoms with van der Waals surface area (Å²) in [6.45, 7) is 8.79. The van der Waals surface area contributed by atoms with E-state index < -0.39 is 22.9 Å². The van der Waals surface area contributed by atoms with Gasteiger partial charge in [-0.3, -0.25) is 9.20 Å². The zero-order valence-electron chi connectivity index (χ0n) is 21.3. The van der Waals surface area contributed by atoms with Crippen LogP contribution < -0.4 is 4.74 Å². The van der Waals surface area contributed by atoms with E-state index in [0.717, 1.165) is 28.1 Å². The van der Waals surface area contributed by atoms with Crippen molar-refractivity contribution < 1.29 is 19.2 Å². The van der Waals surface area contributed by atoms with Crippen LogP contribution in [0.4, 0.5) is 0 Å². The van der Waals surface area contributed by atoms with E-state index in [2.05, 4.69) is 10.2 Å². The molecule has 2 unspecified atom stereocenters. The molecule has 0 radical (unpaired) electrons. The highest BCUT2D eigenvalue weighted by molar-refractivity contribution is 7.89. The standard InChI is InChI=1S/C28H30N4O4S/c1-18-9-10-20(23(15-27(33)34)21-11-12-32-19(2)29-30-26(32)14-21)13-22(18)16-31-17-28(3,4)36-24-7-5-6-8-25(24)37(31)35/h5-14,23H,15-17H2,1-4H3,(H,33,34). The van der Waals surface area contributed by atoms with Gasteiger partial charge in [-0.2, -0.15) is 0 Å². The molecular weight excluding hydrogens is 488 g/mol. The van der Waals surface area contributed by atoms with E-state index in [0.29, 0.717) is 29.4 Å². The Morgan fingerprint density at radius 1 is 1.14 bits per heavy atom. The maximum Gasteiger partial charge on any atom is 0.304 e. The van der Waals surface area contributed by atoms with Crippen molar-refractivity contribution in [2.24, 2.45) is 0 Å². The Morgan fingerprint density at radius 3 is 2.68 bits per heavy atom. The number of aliphatic carboxylic acids is 1. The van der Waals surface area contributed by atoms with Gasteiger partial charge >= 0.3 is 5.97 Å². The van der Waals surface area contributed by atoms with Crippen LogP contribution in [-0.2, 0) is 22.7 Å². The predicted molar refractivity (Wildman–Crippen MR) is 141 cm³/mol. The monoisotopic (exact) mass is 518 g/mol. The molecule has 2 aromatic carbocycles. The molecule has 5 rings (SSSR count). The topological polar surface area (TPSA) is 103 Å². The summed E-state index contributed by atoms with van der Waals surface area (Å²) in [4.78, 5) is 12.5. The molecular formula is C28H30N4O4S. The third kappa shape index (κ3) is 5.20. The average molecular weight is 519 g/mol. The maximum atomic E-state index is 13.6. The van der Waals surface area contributed by atoms with E-state index in [1.54, 1.807) is 0 Å². The van der Waals surface area contributed by atoms with E-state index >= 15 is 0 Å². The first-order chi connectivity index (χ1) is 17.6. The fourth-order valence-electron chi connectivity index (χ4n) is 4.86. The molecule has 192 valence electrons. The van der Waals surface area contributed by atoms with E-state index in [1.165, 1.54) is 0 Å². The number of benzene rings is 2. The summed E-state index contributed by atoms with van der Waals surface area (Å²) in [5.74, 6) is 0.162. The molecule has 0 bridgehead atoms. The van der Waals surface area contributed by atoms with E-state index in [4.69, 9.17) is 4.74 Å². The normalized spacial score (nSPS) is 18.1. The number of hydrogen-bond donors (Lipinski definition) is 1. The number of carboxylic acids is 1. The summed E-state index contributed by atoms with van der Waals surface area (Å²) in [7, 11) is 0. The van der Waals surface area contributed by atoms with Crippen molar-refractivity contribution in [3.8, 4) is 5.75 Å². The highest BCUT2D eigenvalue weighted by Crippen LogP contribution is 2.36. The quantitative estimate of drug-likeness (QED) is 0.371. The molecule has 2 aromatic heterocycles. The molecule has 1 aliphatic heterocycles.